The smallest absolute Gasteiger partial charge is 0.261 e. The Balaban J connectivity index is 2.99. The molecule has 0 N–H and O–H groups in total. The van der Waals surface area contributed by atoms with Gasteiger partial charge in [0.2, 0.25) is 0 Å². The first-order chi connectivity index (χ1) is 6.95. The molecule has 15 heavy (non-hydrogen) atoms. The fraction of sp³-hybridized carbons (Fsp3) is 0.250. The van der Waals surface area contributed by atoms with Crippen LogP contribution in [0.5, 0.6) is 5.75 Å². The van der Waals surface area contributed by atoms with Crippen molar-refractivity contribution in [2.24, 2.45) is 0 Å². The van der Waals surface area contributed by atoms with Gasteiger partial charge < -0.3 is 4.74 Å². The van der Waals surface area contributed by atoms with Gasteiger partial charge in [-0.3, -0.25) is 0 Å². The topological polar surface area (TPSA) is 43.4 Å². The molecule has 1 aromatic carbocycles. The van der Waals surface area contributed by atoms with E-state index in [1.54, 1.807) is 0 Å². The highest BCUT2D eigenvalue weighted by Crippen LogP contribution is 2.23. The van der Waals surface area contributed by atoms with E-state index in [0.717, 1.165) is 18.2 Å². The average molecular weight is 257 g/mol. The summed E-state index contributed by atoms with van der Waals surface area (Å²) < 4.78 is 51.1. The summed E-state index contributed by atoms with van der Waals surface area (Å²) >= 11 is 0. The van der Waals surface area contributed by atoms with Crippen LogP contribution in [0.2, 0.25) is 0 Å². The summed E-state index contributed by atoms with van der Waals surface area (Å²) in [7, 11) is 1.03. The predicted molar refractivity (Wildman–Crippen MR) is 50.9 cm³/mol. The Labute approximate surface area is 90.0 Å². The molecule has 0 unspecified atom stereocenters. The number of rotatable bonds is 4. The van der Waals surface area contributed by atoms with E-state index in [9.17, 15) is 17.2 Å². The third-order valence-corrected chi connectivity index (χ3v) is 2.87. The van der Waals surface area contributed by atoms with Crippen molar-refractivity contribution in [2.75, 3.05) is 13.3 Å². The molecule has 0 amide bonds. The lowest BCUT2D eigenvalue weighted by atomic mass is 10.3. The van der Waals surface area contributed by atoms with Crippen molar-refractivity contribution >= 4 is 19.7 Å². The first-order valence-electron chi connectivity index (χ1n) is 3.88. The van der Waals surface area contributed by atoms with E-state index in [0.29, 0.717) is 0 Å². The normalized spacial score (nSPS) is 11.4. The van der Waals surface area contributed by atoms with Gasteiger partial charge in [0, 0.05) is 10.7 Å². The van der Waals surface area contributed by atoms with Crippen LogP contribution in [0, 0.1) is 5.82 Å². The van der Waals surface area contributed by atoms with Crippen LogP contribution in [0.15, 0.2) is 23.1 Å². The molecule has 0 atom stereocenters. The number of ether oxygens (including phenoxy) is 1. The average Bonchev–Trinajstić information content (AvgIpc) is 2.14. The fourth-order valence-corrected chi connectivity index (χ4v) is 1.66. The van der Waals surface area contributed by atoms with Gasteiger partial charge in [-0.2, -0.15) is 0 Å². The Hall–Kier alpha value is -0.880. The monoisotopic (exact) mass is 256 g/mol. The van der Waals surface area contributed by atoms with Crippen molar-refractivity contribution < 1.29 is 21.9 Å². The number of halogens is 3. The molecular formula is C8H7ClF2O3S. The molecule has 0 bridgehead atoms. The zero-order chi connectivity index (χ0) is 11.5. The van der Waals surface area contributed by atoms with E-state index in [1.807, 2.05) is 0 Å². The highest BCUT2D eigenvalue weighted by atomic mass is 35.7. The van der Waals surface area contributed by atoms with Crippen LogP contribution in [-0.4, -0.2) is 21.7 Å². The van der Waals surface area contributed by atoms with Gasteiger partial charge >= 0.3 is 0 Å². The second-order valence-corrected chi connectivity index (χ2v) is 5.13. The maximum absolute atomic E-state index is 13.1. The summed E-state index contributed by atoms with van der Waals surface area (Å²) in [6.45, 7) is -1.04. The number of alkyl halides is 1. The minimum absolute atomic E-state index is 0.211. The number of benzene rings is 1. The quantitative estimate of drug-likeness (QED) is 0.775. The Morgan fingerprint density at radius 3 is 2.53 bits per heavy atom. The second-order valence-electron chi connectivity index (χ2n) is 2.57. The molecule has 7 heteroatoms. The van der Waals surface area contributed by atoms with Crippen molar-refractivity contribution in [3.63, 3.8) is 0 Å². The standard InChI is InChI=1S/C8H7ClF2O3S/c9-15(12,13)6-1-2-8(7(11)5-6)14-4-3-10/h1-2,5H,3-4H2. The number of hydrogen-bond donors (Lipinski definition) is 0. The van der Waals surface area contributed by atoms with Crippen LogP contribution >= 0.6 is 10.7 Å². The summed E-state index contributed by atoms with van der Waals surface area (Å²) in [6, 6.07) is 2.88. The first-order valence-corrected chi connectivity index (χ1v) is 6.19. The Morgan fingerprint density at radius 2 is 2.07 bits per heavy atom. The molecule has 0 saturated heterocycles. The minimum atomic E-state index is -3.96. The van der Waals surface area contributed by atoms with Crippen LogP contribution in [0.25, 0.3) is 0 Å². The van der Waals surface area contributed by atoms with Crippen LogP contribution < -0.4 is 4.74 Å². The van der Waals surface area contributed by atoms with Crippen molar-refractivity contribution in [1.82, 2.24) is 0 Å². The van der Waals surface area contributed by atoms with E-state index in [-0.39, 0.29) is 17.3 Å². The van der Waals surface area contributed by atoms with Gasteiger partial charge in [0.15, 0.2) is 11.6 Å². The fourth-order valence-electron chi connectivity index (χ4n) is 0.899. The zero-order valence-electron chi connectivity index (χ0n) is 7.41. The van der Waals surface area contributed by atoms with Crippen molar-refractivity contribution in [3.05, 3.63) is 24.0 Å². The van der Waals surface area contributed by atoms with E-state index < -0.39 is 21.5 Å². The maximum Gasteiger partial charge on any atom is 0.261 e. The van der Waals surface area contributed by atoms with Gasteiger partial charge in [0.1, 0.15) is 13.3 Å². The molecule has 0 saturated carbocycles. The maximum atomic E-state index is 13.1. The van der Waals surface area contributed by atoms with Gasteiger partial charge in [-0.1, -0.05) is 0 Å². The van der Waals surface area contributed by atoms with Gasteiger partial charge in [0.05, 0.1) is 4.90 Å². The minimum Gasteiger partial charge on any atom is -0.488 e. The van der Waals surface area contributed by atoms with Crippen molar-refractivity contribution in [2.45, 2.75) is 4.90 Å². The lowest BCUT2D eigenvalue weighted by Gasteiger charge is -2.05. The molecule has 0 aliphatic carbocycles. The molecular weight excluding hydrogens is 250 g/mol. The van der Waals surface area contributed by atoms with Crippen LogP contribution in [-0.2, 0) is 9.05 Å². The van der Waals surface area contributed by atoms with Gasteiger partial charge in [-0.15, -0.1) is 0 Å². The molecule has 84 valence electrons. The van der Waals surface area contributed by atoms with E-state index in [4.69, 9.17) is 10.7 Å². The molecule has 0 aliphatic heterocycles. The molecule has 0 aromatic heterocycles. The van der Waals surface area contributed by atoms with Gasteiger partial charge in [-0.05, 0) is 18.2 Å². The predicted octanol–water partition coefficient (Wildman–Crippen LogP) is 2.10. The van der Waals surface area contributed by atoms with Crippen LogP contribution in [0.3, 0.4) is 0 Å². The molecule has 1 rings (SSSR count). The Bertz CT molecular complexity index is 447. The largest absolute Gasteiger partial charge is 0.488 e. The van der Waals surface area contributed by atoms with Gasteiger partial charge in [-0.25, -0.2) is 17.2 Å². The first kappa shape index (κ1) is 12.2. The molecule has 0 spiro atoms. The van der Waals surface area contributed by atoms with Crippen LogP contribution in [0.4, 0.5) is 8.78 Å². The van der Waals surface area contributed by atoms with E-state index in [1.165, 1.54) is 0 Å². The zero-order valence-corrected chi connectivity index (χ0v) is 8.99. The SMILES string of the molecule is O=S(=O)(Cl)c1ccc(OCCF)c(F)c1. The van der Waals surface area contributed by atoms with E-state index >= 15 is 0 Å². The Kier molecular flexibility index (Phi) is 3.87. The summed E-state index contributed by atoms with van der Waals surface area (Å²) in [6.07, 6.45) is 0. The number of hydrogen-bond acceptors (Lipinski definition) is 3. The Morgan fingerprint density at radius 1 is 1.40 bits per heavy atom. The van der Waals surface area contributed by atoms with Crippen LogP contribution in [0.1, 0.15) is 0 Å². The second kappa shape index (κ2) is 4.76. The van der Waals surface area contributed by atoms with Crippen molar-refractivity contribution in [1.29, 1.82) is 0 Å². The summed E-state index contributed by atoms with van der Waals surface area (Å²) in [5.74, 6) is -1.11. The highest BCUT2D eigenvalue weighted by molar-refractivity contribution is 8.13. The third-order valence-electron chi connectivity index (χ3n) is 1.52. The summed E-state index contributed by atoms with van der Waals surface area (Å²) in [5, 5.41) is 0. The van der Waals surface area contributed by atoms with Crippen molar-refractivity contribution in [3.8, 4) is 5.75 Å². The third kappa shape index (κ3) is 3.32. The summed E-state index contributed by atoms with van der Waals surface area (Å²) in [4.78, 5) is -0.366. The van der Waals surface area contributed by atoms with E-state index in [2.05, 4.69) is 4.74 Å². The molecule has 0 aliphatic rings. The summed E-state index contributed by atoms with van der Waals surface area (Å²) in [5.41, 5.74) is 0. The molecule has 0 fully saturated rings. The highest BCUT2D eigenvalue weighted by Gasteiger charge is 2.13. The molecule has 0 heterocycles. The lowest BCUT2D eigenvalue weighted by Crippen LogP contribution is -2.01. The van der Waals surface area contributed by atoms with Gasteiger partial charge in [0.25, 0.3) is 9.05 Å². The lowest BCUT2D eigenvalue weighted by molar-refractivity contribution is 0.262. The molecule has 3 nitrogen and oxygen atoms in total. The molecule has 0 radical (unpaired) electrons. The molecule has 1 aromatic rings.